The van der Waals surface area contributed by atoms with Gasteiger partial charge in [-0.3, -0.25) is 4.90 Å². The fourth-order valence-corrected chi connectivity index (χ4v) is 3.85. The molecule has 0 spiro atoms. The highest BCUT2D eigenvalue weighted by molar-refractivity contribution is 9.10. The van der Waals surface area contributed by atoms with Gasteiger partial charge in [0.25, 0.3) is 0 Å². The molecule has 0 saturated carbocycles. The van der Waals surface area contributed by atoms with Crippen molar-refractivity contribution in [2.45, 2.75) is 26.3 Å². The Morgan fingerprint density at radius 3 is 2.72 bits per heavy atom. The molecule has 1 aromatic heterocycles. The molecule has 1 fully saturated rings. The summed E-state index contributed by atoms with van der Waals surface area (Å²) in [7, 11) is 0. The molecule has 2 heterocycles. The van der Waals surface area contributed by atoms with Crippen molar-refractivity contribution in [1.29, 1.82) is 0 Å². The second-order valence-electron chi connectivity index (χ2n) is 4.76. The maximum Gasteiger partial charge on any atom is 0.0328 e. The van der Waals surface area contributed by atoms with E-state index in [0.29, 0.717) is 0 Å². The minimum absolute atomic E-state index is 0. The zero-order chi connectivity index (χ0) is 12.1. The van der Waals surface area contributed by atoms with E-state index in [0.717, 1.165) is 19.0 Å². The van der Waals surface area contributed by atoms with Gasteiger partial charge in [-0.2, -0.15) is 0 Å². The molecule has 2 nitrogen and oxygen atoms in total. The van der Waals surface area contributed by atoms with Crippen molar-refractivity contribution in [2.75, 3.05) is 26.2 Å². The van der Waals surface area contributed by atoms with E-state index in [1.165, 1.54) is 41.8 Å². The quantitative estimate of drug-likeness (QED) is 0.867. The summed E-state index contributed by atoms with van der Waals surface area (Å²) in [6.07, 6.45) is 2.69. The van der Waals surface area contributed by atoms with Crippen LogP contribution in [0.3, 0.4) is 0 Å². The normalized spacial score (nSPS) is 17.7. The topological polar surface area (TPSA) is 15.3 Å². The van der Waals surface area contributed by atoms with E-state index in [-0.39, 0.29) is 12.4 Å². The number of piperidine rings is 1. The van der Waals surface area contributed by atoms with Crippen LogP contribution in [0.5, 0.6) is 0 Å². The summed E-state index contributed by atoms with van der Waals surface area (Å²) in [6, 6.07) is 2.25. The second kappa shape index (κ2) is 8.54. The summed E-state index contributed by atoms with van der Waals surface area (Å²) in [5.74, 6) is 0.890. The SMILES string of the molecule is CCNCC1CCN(Cc2cc(Br)cs2)CC1.Cl. The van der Waals surface area contributed by atoms with Crippen LogP contribution in [0.4, 0.5) is 0 Å². The Balaban J connectivity index is 0.00000162. The lowest BCUT2D eigenvalue weighted by Gasteiger charge is -2.31. The Hall–Kier alpha value is 0.390. The van der Waals surface area contributed by atoms with Gasteiger partial charge in [-0.25, -0.2) is 0 Å². The Morgan fingerprint density at radius 1 is 1.44 bits per heavy atom. The Bertz CT molecular complexity index is 337. The monoisotopic (exact) mass is 352 g/mol. The minimum atomic E-state index is 0. The van der Waals surface area contributed by atoms with Crippen molar-refractivity contribution in [1.82, 2.24) is 10.2 Å². The molecule has 1 N–H and O–H groups in total. The number of thiophene rings is 1. The summed E-state index contributed by atoms with van der Waals surface area (Å²) >= 11 is 5.38. The van der Waals surface area contributed by atoms with Gasteiger partial charge < -0.3 is 5.32 Å². The van der Waals surface area contributed by atoms with Gasteiger partial charge in [0, 0.05) is 21.3 Å². The molecular weight excluding hydrogens is 332 g/mol. The average molecular weight is 354 g/mol. The first-order valence-electron chi connectivity index (χ1n) is 6.44. The zero-order valence-electron chi connectivity index (χ0n) is 10.8. The number of hydrogen-bond donors (Lipinski definition) is 1. The Labute approximate surface area is 129 Å². The van der Waals surface area contributed by atoms with E-state index in [2.05, 4.69) is 44.5 Å². The highest BCUT2D eigenvalue weighted by atomic mass is 79.9. The molecule has 1 aromatic rings. The number of nitrogens with zero attached hydrogens (tertiary/aromatic N) is 1. The van der Waals surface area contributed by atoms with Gasteiger partial charge in [-0.15, -0.1) is 23.7 Å². The molecule has 0 bridgehead atoms. The number of hydrogen-bond acceptors (Lipinski definition) is 3. The summed E-state index contributed by atoms with van der Waals surface area (Å²) in [5, 5.41) is 5.64. The molecule has 1 aliphatic heterocycles. The van der Waals surface area contributed by atoms with Crippen LogP contribution in [0.15, 0.2) is 15.9 Å². The minimum Gasteiger partial charge on any atom is -0.317 e. The van der Waals surface area contributed by atoms with Crippen molar-refractivity contribution in [3.8, 4) is 0 Å². The van der Waals surface area contributed by atoms with Crippen LogP contribution in [-0.4, -0.2) is 31.1 Å². The molecule has 2 rings (SSSR count). The average Bonchev–Trinajstić information content (AvgIpc) is 2.74. The Kier molecular flexibility index (Phi) is 7.80. The molecule has 0 amide bonds. The number of rotatable bonds is 5. The van der Waals surface area contributed by atoms with E-state index in [9.17, 15) is 0 Å². The van der Waals surface area contributed by atoms with Gasteiger partial charge in [-0.05, 0) is 66.9 Å². The van der Waals surface area contributed by atoms with Crippen LogP contribution >= 0.6 is 39.7 Å². The molecule has 1 saturated heterocycles. The lowest BCUT2D eigenvalue weighted by Crippen LogP contribution is -2.36. The lowest BCUT2D eigenvalue weighted by atomic mass is 9.97. The zero-order valence-corrected chi connectivity index (χ0v) is 14.0. The molecule has 0 aliphatic carbocycles. The predicted molar refractivity (Wildman–Crippen MR) is 85.8 cm³/mol. The van der Waals surface area contributed by atoms with Gasteiger partial charge in [0.15, 0.2) is 0 Å². The highest BCUT2D eigenvalue weighted by Gasteiger charge is 2.18. The van der Waals surface area contributed by atoms with Crippen LogP contribution < -0.4 is 5.32 Å². The number of nitrogens with one attached hydrogen (secondary N) is 1. The first kappa shape index (κ1) is 16.4. The second-order valence-corrected chi connectivity index (χ2v) is 6.67. The fraction of sp³-hybridized carbons (Fsp3) is 0.692. The molecule has 5 heteroatoms. The highest BCUT2D eigenvalue weighted by Crippen LogP contribution is 2.23. The third-order valence-electron chi connectivity index (χ3n) is 3.39. The molecule has 0 atom stereocenters. The summed E-state index contributed by atoms with van der Waals surface area (Å²) < 4.78 is 1.22. The number of halogens is 2. The van der Waals surface area contributed by atoms with Crippen LogP contribution in [0.2, 0.25) is 0 Å². The standard InChI is InChI=1S/C13H21BrN2S.ClH/c1-2-15-8-11-3-5-16(6-4-11)9-13-7-12(14)10-17-13;/h7,10-11,15H,2-6,8-9H2,1H3;1H. The first-order valence-corrected chi connectivity index (χ1v) is 8.11. The molecule has 1 aliphatic rings. The summed E-state index contributed by atoms with van der Waals surface area (Å²) in [4.78, 5) is 4.06. The van der Waals surface area contributed by atoms with E-state index in [4.69, 9.17) is 0 Å². The fourth-order valence-electron chi connectivity index (χ4n) is 2.35. The van der Waals surface area contributed by atoms with Crippen LogP contribution in [0.1, 0.15) is 24.6 Å². The third-order valence-corrected chi connectivity index (χ3v) is 5.07. The summed E-state index contributed by atoms with van der Waals surface area (Å²) in [6.45, 7) is 8.13. The predicted octanol–water partition coefficient (Wildman–Crippen LogP) is 3.75. The van der Waals surface area contributed by atoms with Gasteiger partial charge in [0.1, 0.15) is 0 Å². The molecule has 104 valence electrons. The third kappa shape index (κ3) is 5.17. The number of likely N-dealkylation sites (tertiary alicyclic amines) is 1. The van der Waals surface area contributed by atoms with Gasteiger partial charge >= 0.3 is 0 Å². The van der Waals surface area contributed by atoms with E-state index >= 15 is 0 Å². The first-order chi connectivity index (χ1) is 8.28. The van der Waals surface area contributed by atoms with Crippen molar-refractivity contribution in [3.05, 3.63) is 20.8 Å². The van der Waals surface area contributed by atoms with Gasteiger partial charge in [0.2, 0.25) is 0 Å². The van der Waals surface area contributed by atoms with Gasteiger partial charge in [-0.1, -0.05) is 6.92 Å². The molecule has 0 unspecified atom stereocenters. The van der Waals surface area contributed by atoms with Crippen LogP contribution in [0, 0.1) is 5.92 Å². The lowest BCUT2D eigenvalue weighted by molar-refractivity contribution is 0.177. The van der Waals surface area contributed by atoms with Crippen LogP contribution in [0.25, 0.3) is 0 Å². The van der Waals surface area contributed by atoms with E-state index in [1.54, 1.807) is 0 Å². The van der Waals surface area contributed by atoms with Gasteiger partial charge in [0.05, 0.1) is 0 Å². The molecule has 0 radical (unpaired) electrons. The van der Waals surface area contributed by atoms with Crippen molar-refractivity contribution >= 4 is 39.7 Å². The largest absolute Gasteiger partial charge is 0.317 e. The Morgan fingerprint density at radius 2 is 2.17 bits per heavy atom. The van der Waals surface area contributed by atoms with Crippen molar-refractivity contribution in [2.24, 2.45) is 5.92 Å². The molecule has 18 heavy (non-hydrogen) atoms. The van der Waals surface area contributed by atoms with E-state index in [1.807, 2.05) is 11.3 Å². The summed E-state index contributed by atoms with van der Waals surface area (Å²) in [5.41, 5.74) is 0. The van der Waals surface area contributed by atoms with Crippen molar-refractivity contribution < 1.29 is 0 Å². The van der Waals surface area contributed by atoms with Crippen molar-refractivity contribution in [3.63, 3.8) is 0 Å². The van der Waals surface area contributed by atoms with Crippen LogP contribution in [-0.2, 0) is 6.54 Å². The smallest absolute Gasteiger partial charge is 0.0328 e. The van der Waals surface area contributed by atoms with E-state index < -0.39 is 0 Å². The molecular formula is C13H22BrClN2S. The molecule has 0 aromatic carbocycles. The maximum atomic E-state index is 3.52. The maximum absolute atomic E-state index is 3.52.